The second kappa shape index (κ2) is 37.0. The predicted molar refractivity (Wildman–Crippen MR) is 222 cm³/mol. The van der Waals surface area contributed by atoms with Crippen LogP contribution in [0, 0.1) is 0 Å². The summed E-state index contributed by atoms with van der Waals surface area (Å²) in [7, 11) is 5.39. The Morgan fingerprint density at radius 3 is 1.59 bits per heavy atom. The molecule has 0 fully saturated rings. The van der Waals surface area contributed by atoms with E-state index in [1.54, 1.807) is 21.1 Å². The monoisotopic (exact) mass is 758 g/mol. The lowest BCUT2D eigenvalue weighted by molar-refractivity contribution is -0.889. The lowest BCUT2D eigenvalue weighted by atomic mass is 10.1. The van der Waals surface area contributed by atoms with Crippen LogP contribution < -0.4 is 5.11 Å². The number of likely N-dealkylation sites (N-methyl/N-ethyl adjacent to an activating group) is 1. The van der Waals surface area contributed by atoms with Crippen molar-refractivity contribution in [1.29, 1.82) is 0 Å². The van der Waals surface area contributed by atoms with Crippen LogP contribution in [0.1, 0.15) is 162 Å². The minimum absolute atomic E-state index is 0.0274. The van der Waals surface area contributed by atoms with Crippen LogP contribution in [0.5, 0.6) is 0 Å². The van der Waals surface area contributed by atoms with Crippen LogP contribution in [0.3, 0.4) is 0 Å². The third-order valence-corrected chi connectivity index (χ3v) is 9.23. The van der Waals surface area contributed by atoms with Crippen LogP contribution in [0.25, 0.3) is 0 Å². The number of hydrogen-bond acceptors (Lipinski definition) is 7. The van der Waals surface area contributed by atoms with Crippen LogP contribution in [-0.2, 0) is 28.6 Å². The second-order valence-electron chi connectivity index (χ2n) is 15.3. The van der Waals surface area contributed by atoms with Crippen molar-refractivity contribution in [1.82, 2.24) is 0 Å². The van der Waals surface area contributed by atoms with E-state index in [-0.39, 0.29) is 42.7 Å². The number of carboxylic acids is 1. The SMILES string of the molecule is CC/C=C/C=C/C=C/C=C/CCCCCCCC(=O)OC(COCCC(C(=O)[O-])[N+](C)(C)C)COC(=O)CCCCCCCCC/C=C/CCCCCC. The van der Waals surface area contributed by atoms with Crippen LogP contribution >= 0.6 is 0 Å². The van der Waals surface area contributed by atoms with Gasteiger partial charge in [-0.3, -0.25) is 9.59 Å². The molecule has 0 spiro atoms. The molecule has 0 aromatic heterocycles. The average Bonchev–Trinajstić information content (AvgIpc) is 3.12. The number of hydrogen-bond donors (Lipinski definition) is 0. The Bertz CT molecular complexity index is 1070. The van der Waals surface area contributed by atoms with Crippen molar-refractivity contribution in [2.75, 3.05) is 41.0 Å². The first kappa shape index (κ1) is 51.0. The summed E-state index contributed by atoms with van der Waals surface area (Å²) < 4.78 is 17.1. The fraction of sp³-hybridized carbons (Fsp3) is 0.717. The van der Waals surface area contributed by atoms with Crippen molar-refractivity contribution in [2.45, 2.75) is 174 Å². The largest absolute Gasteiger partial charge is 0.544 e. The fourth-order valence-electron chi connectivity index (χ4n) is 5.90. The van der Waals surface area contributed by atoms with Crippen LogP contribution in [0.15, 0.2) is 60.8 Å². The molecule has 0 rings (SSSR count). The Morgan fingerprint density at radius 2 is 1.06 bits per heavy atom. The molecule has 0 amide bonds. The van der Waals surface area contributed by atoms with Crippen molar-refractivity contribution in [3.05, 3.63) is 60.8 Å². The summed E-state index contributed by atoms with van der Waals surface area (Å²) in [5, 5.41) is 11.6. The molecule has 8 nitrogen and oxygen atoms in total. The zero-order valence-corrected chi connectivity index (χ0v) is 35.1. The third-order valence-electron chi connectivity index (χ3n) is 9.23. The molecule has 0 aromatic carbocycles. The zero-order valence-electron chi connectivity index (χ0n) is 35.1. The molecule has 0 heterocycles. The Balaban J connectivity index is 4.42. The Morgan fingerprint density at radius 1 is 0.574 bits per heavy atom. The van der Waals surface area contributed by atoms with E-state index in [4.69, 9.17) is 14.2 Å². The second-order valence-corrected chi connectivity index (χ2v) is 15.3. The number of aliphatic carboxylic acids is 1. The fourth-order valence-corrected chi connectivity index (χ4v) is 5.90. The standard InChI is InChI=1S/C46H79NO7/c1-6-8-10-12-14-16-18-20-22-24-26-28-30-32-34-36-44(48)53-41-42(40-52-39-38-43(46(50)51)47(3,4)5)54-45(49)37-35-33-31-29-27-25-23-21-19-17-15-13-11-9-7-2/h9,11,13,15-19,21,23,42-43H,6-8,10,12,14,20,22,24-41H2,1-5H3/b11-9+,15-13+,18-16+,19-17+,23-21+. The minimum atomic E-state index is -1.13. The first-order valence-corrected chi connectivity index (χ1v) is 21.4. The van der Waals surface area contributed by atoms with Crippen molar-refractivity contribution in [2.24, 2.45) is 0 Å². The topological polar surface area (TPSA) is 102 Å². The van der Waals surface area contributed by atoms with E-state index in [0.29, 0.717) is 12.8 Å². The van der Waals surface area contributed by atoms with Gasteiger partial charge in [0.2, 0.25) is 0 Å². The first-order valence-electron chi connectivity index (χ1n) is 21.4. The molecular weight excluding hydrogens is 679 g/mol. The number of carbonyl (C=O) groups is 3. The molecule has 0 aliphatic heterocycles. The number of esters is 2. The highest BCUT2D eigenvalue weighted by Gasteiger charge is 2.25. The number of quaternary nitrogens is 1. The van der Waals surface area contributed by atoms with E-state index in [0.717, 1.165) is 64.2 Å². The van der Waals surface area contributed by atoms with Gasteiger partial charge in [0.05, 0.1) is 40.3 Å². The van der Waals surface area contributed by atoms with Crippen LogP contribution in [0.2, 0.25) is 0 Å². The van der Waals surface area contributed by atoms with Gasteiger partial charge in [0, 0.05) is 19.3 Å². The van der Waals surface area contributed by atoms with E-state index < -0.39 is 18.1 Å². The lowest BCUT2D eigenvalue weighted by Crippen LogP contribution is -2.55. The van der Waals surface area contributed by atoms with Crippen molar-refractivity contribution in [3.63, 3.8) is 0 Å². The van der Waals surface area contributed by atoms with Gasteiger partial charge in [0.25, 0.3) is 0 Å². The molecule has 54 heavy (non-hydrogen) atoms. The molecule has 310 valence electrons. The number of unbranched alkanes of at least 4 members (excludes halogenated alkanes) is 16. The Hall–Kier alpha value is -2.97. The molecule has 0 saturated heterocycles. The summed E-state index contributed by atoms with van der Waals surface area (Å²) >= 11 is 0. The number of carboxylic acid groups (broad SMARTS) is 1. The van der Waals surface area contributed by atoms with E-state index in [1.807, 2.05) is 30.4 Å². The van der Waals surface area contributed by atoms with Gasteiger partial charge in [-0.05, 0) is 57.8 Å². The molecule has 0 aromatic rings. The number of nitrogens with zero attached hydrogens (tertiary/aromatic N) is 1. The third kappa shape index (κ3) is 34.8. The summed E-state index contributed by atoms with van der Waals surface area (Å²) in [4.78, 5) is 36.8. The number of carbonyl (C=O) groups excluding carboxylic acids is 3. The molecule has 8 heteroatoms. The predicted octanol–water partition coefficient (Wildman–Crippen LogP) is 10.1. The highest BCUT2D eigenvalue weighted by atomic mass is 16.6. The highest BCUT2D eigenvalue weighted by molar-refractivity contribution is 5.70. The van der Waals surface area contributed by atoms with Gasteiger partial charge < -0.3 is 28.6 Å². The van der Waals surface area contributed by atoms with Gasteiger partial charge in [-0.2, -0.15) is 0 Å². The van der Waals surface area contributed by atoms with Gasteiger partial charge in [-0.1, -0.05) is 145 Å². The Kier molecular flexibility index (Phi) is 34.9. The van der Waals surface area contributed by atoms with Gasteiger partial charge >= 0.3 is 11.9 Å². The molecule has 0 bridgehead atoms. The van der Waals surface area contributed by atoms with Gasteiger partial charge in [0.1, 0.15) is 12.6 Å². The minimum Gasteiger partial charge on any atom is -0.544 e. The van der Waals surface area contributed by atoms with Crippen LogP contribution in [0.4, 0.5) is 0 Å². The van der Waals surface area contributed by atoms with E-state index in [2.05, 4.69) is 44.2 Å². The summed E-state index contributed by atoms with van der Waals surface area (Å²) in [5.41, 5.74) is 0. The van der Waals surface area contributed by atoms with Crippen molar-refractivity contribution in [3.8, 4) is 0 Å². The molecular formula is C46H79NO7. The maximum atomic E-state index is 12.7. The van der Waals surface area contributed by atoms with E-state index in [9.17, 15) is 19.5 Å². The quantitative estimate of drug-likeness (QED) is 0.0204. The molecule has 2 unspecified atom stereocenters. The smallest absolute Gasteiger partial charge is 0.306 e. The molecule has 0 aliphatic rings. The van der Waals surface area contributed by atoms with Gasteiger partial charge in [0.15, 0.2) is 6.10 Å². The average molecular weight is 758 g/mol. The molecule has 0 aliphatic carbocycles. The lowest BCUT2D eigenvalue weighted by Gasteiger charge is -2.34. The van der Waals surface area contributed by atoms with E-state index >= 15 is 0 Å². The van der Waals surface area contributed by atoms with Gasteiger partial charge in [-0.15, -0.1) is 0 Å². The summed E-state index contributed by atoms with van der Waals surface area (Å²) in [6.45, 7) is 4.47. The Labute approximate surface area is 330 Å². The maximum absolute atomic E-state index is 12.7. The molecule has 2 atom stereocenters. The highest BCUT2D eigenvalue weighted by Crippen LogP contribution is 2.13. The maximum Gasteiger partial charge on any atom is 0.306 e. The van der Waals surface area contributed by atoms with Crippen LogP contribution in [-0.4, -0.2) is 75.5 Å². The van der Waals surface area contributed by atoms with Crippen molar-refractivity contribution < 1.29 is 38.2 Å². The number of ether oxygens (including phenoxy) is 3. The summed E-state index contributed by atoms with van der Waals surface area (Å²) in [5.74, 6) is -1.78. The zero-order chi connectivity index (χ0) is 40.0. The summed E-state index contributed by atoms with van der Waals surface area (Å²) in [6.07, 6.45) is 43.8. The molecule has 0 radical (unpaired) electrons. The van der Waals surface area contributed by atoms with Crippen molar-refractivity contribution >= 4 is 17.9 Å². The number of rotatable bonds is 37. The molecule has 0 N–H and O–H groups in total. The normalized spacial score (nSPS) is 13.6. The summed E-state index contributed by atoms with van der Waals surface area (Å²) in [6, 6.07) is -0.732. The number of allylic oxidation sites excluding steroid dienone is 10. The first-order chi connectivity index (χ1) is 26.1. The van der Waals surface area contributed by atoms with E-state index in [1.165, 1.54) is 64.2 Å². The van der Waals surface area contributed by atoms with Gasteiger partial charge in [-0.25, -0.2) is 0 Å². The molecule has 0 saturated carbocycles.